The topological polar surface area (TPSA) is 90.0 Å². The molecule has 0 aromatic heterocycles. The Balaban J connectivity index is 1.54. The van der Waals surface area contributed by atoms with Gasteiger partial charge in [0.2, 0.25) is 29.0 Å². The van der Waals surface area contributed by atoms with Gasteiger partial charge in [-0.25, -0.2) is 4.90 Å². The molecule has 1 aliphatic carbocycles. The fourth-order valence-corrected chi connectivity index (χ4v) is 5.69. The van der Waals surface area contributed by atoms with E-state index in [9.17, 15) is 19.2 Å². The van der Waals surface area contributed by atoms with Gasteiger partial charge in [0.1, 0.15) is 5.75 Å². The number of nitrogens with zero attached hydrogens (tertiary/aromatic N) is 1. The van der Waals surface area contributed by atoms with Gasteiger partial charge in [-0.05, 0) is 42.3 Å². The fourth-order valence-electron chi connectivity index (χ4n) is 5.69. The van der Waals surface area contributed by atoms with Gasteiger partial charge in [-0.1, -0.05) is 48.5 Å². The molecule has 3 atom stereocenters. The van der Waals surface area contributed by atoms with E-state index < -0.39 is 46.9 Å². The Bertz CT molecular complexity index is 1390. The van der Waals surface area contributed by atoms with E-state index in [0.717, 1.165) is 10.5 Å². The summed E-state index contributed by atoms with van der Waals surface area (Å²) in [4.78, 5) is 56.4. The molecule has 3 aliphatic rings. The predicted octanol–water partition coefficient (Wildman–Crippen LogP) is 3.70. The van der Waals surface area contributed by atoms with Gasteiger partial charge >= 0.3 is 0 Å². The second kappa shape index (κ2) is 7.45. The molecule has 3 aromatic rings. The van der Waals surface area contributed by atoms with Gasteiger partial charge in [0.15, 0.2) is 0 Å². The molecule has 6 rings (SSSR count). The number of methoxy groups -OCH3 is 1. The number of ketones is 2. The molecule has 2 amide bonds. The maximum Gasteiger partial charge on any atom is 0.241 e. The lowest BCUT2D eigenvalue weighted by atomic mass is 9.77. The number of imide groups is 1. The summed E-state index contributed by atoms with van der Waals surface area (Å²) in [6.45, 7) is 1.87. The standard InChI is InChI=1S/C28H21NO6/c1-15-7-3-4-8-18(15)23-21-22(27(33)29(26(21)32)16-11-13-17(34-2)14-12-16)28(35-23)24(30)19-9-5-6-10-20(19)25(28)31/h3-14,21-23H,1-2H3/t21-,22-,23-/m1/s1. The first-order valence-electron chi connectivity index (χ1n) is 11.3. The second-order valence-electron chi connectivity index (χ2n) is 9.05. The molecule has 0 saturated carbocycles. The number of carbonyl (C=O) groups is 4. The molecule has 0 bridgehead atoms. The first-order valence-corrected chi connectivity index (χ1v) is 11.3. The van der Waals surface area contributed by atoms with E-state index >= 15 is 0 Å². The van der Waals surface area contributed by atoms with Gasteiger partial charge in [-0.15, -0.1) is 0 Å². The Morgan fingerprint density at radius 2 is 1.40 bits per heavy atom. The Labute approximate surface area is 201 Å². The number of ether oxygens (including phenoxy) is 2. The van der Waals surface area contributed by atoms with Crippen molar-refractivity contribution in [3.63, 3.8) is 0 Å². The van der Waals surface area contributed by atoms with Gasteiger partial charge in [-0.2, -0.15) is 0 Å². The molecule has 35 heavy (non-hydrogen) atoms. The van der Waals surface area contributed by atoms with Gasteiger partial charge in [-0.3, -0.25) is 19.2 Å². The summed E-state index contributed by atoms with van der Waals surface area (Å²) < 4.78 is 11.5. The zero-order chi connectivity index (χ0) is 24.5. The number of benzene rings is 3. The molecule has 2 fully saturated rings. The van der Waals surface area contributed by atoms with Crippen LogP contribution in [0.25, 0.3) is 0 Å². The summed E-state index contributed by atoms with van der Waals surface area (Å²) in [7, 11) is 1.52. The zero-order valence-electron chi connectivity index (χ0n) is 19.1. The van der Waals surface area contributed by atoms with Crippen LogP contribution in [0.2, 0.25) is 0 Å². The number of anilines is 1. The van der Waals surface area contributed by atoms with Gasteiger partial charge in [0, 0.05) is 11.1 Å². The van der Waals surface area contributed by atoms with Crippen LogP contribution in [-0.4, -0.2) is 36.1 Å². The van der Waals surface area contributed by atoms with E-state index in [4.69, 9.17) is 9.47 Å². The SMILES string of the molecule is COc1ccc(N2C(=O)[C@H]3[C@@H](c4ccccc4C)OC4(C(=O)c5ccccc5C4=O)[C@H]3C2=O)cc1. The summed E-state index contributed by atoms with van der Waals surface area (Å²) in [5, 5.41) is 0. The fraction of sp³-hybridized carbons (Fsp3) is 0.214. The molecular weight excluding hydrogens is 446 g/mol. The van der Waals surface area contributed by atoms with Crippen molar-refractivity contribution in [3.8, 4) is 5.75 Å². The average molecular weight is 467 g/mol. The van der Waals surface area contributed by atoms with Crippen LogP contribution in [0.15, 0.2) is 72.8 Å². The number of aryl methyl sites for hydroxylation is 1. The van der Waals surface area contributed by atoms with Crippen molar-refractivity contribution in [1.29, 1.82) is 0 Å². The van der Waals surface area contributed by atoms with Gasteiger partial charge < -0.3 is 9.47 Å². The molecule has 2 aliphatic heterocycles. The molecule has 2 saturated heterocycles. The molecule has 174 valence electrons. The lowest BCUT2D eigenvalue weighted by Crippen LogP contribution is -2.51. The van der Waals surface area contributed by atoms with Crippen LogP contribution in [-0.2, 0) is 14.3 Å². The van der Waals surface area contributed by atoms with Crippen molar-refractivity contribution >= 4 is 29.1 Å². The average Bonchev–Trinajstić information content (AvgIpc) is 3.44. The highest BCUT2D eigenvalue weighted by Gasteiger charge is 2.74. The Kier molecular flexibility index (Phi) is 4.56. The monoisotopic (exact) mass is 467 g/mol. The van der Waals surface area contributed by atoms with E-state index in [-0.39, 0.29) is 11.1 Å². The smallest absolute Gasteiger partial charge is 0.241 e. The van der Waals surface area contributed by atoms with Crippen molar-refractivity contribution in [2.45, 2.75) is 18.6 Å². The van der Waals surface area contributed by atoms with E-state index in [1.165, 1.54) is 7.11 Å². The van der Waals surface area contributed by atoms with E-state index in [2.05, 4.69) is 0 Å². The third-order valence-electron chi connectivity index (χ3n) is 7.34. The Hall–Kier alpha value is -4.10. The van der Waals surface area contributed by atoms with E-state index in [1.807, 2.05) is 19.1 Å². The van der Waals surface area contributed by atoms with Crippen LogP contribution in [0.5, 0.6) is 5.75 Å². The van der Waals surface area contributed by atoms with Gasteiger partial charge in [0.25, 0.3) is 0 Å². The molecule has 7 nitrogen and oxygen atoms in total. The third kappa shape index (κ3) is 2.70. The summed E-state index contributed by atoms with van der Waals surface area (Å²) in [6.07, 6.45) is -0.928. The van der Waals surface area contributed by atoms with Crippen LogP contribution < -0.4 is 9.64 Å². The largest absolute Gasteiger partial charge is 0.497 e. The van der Waals surface area contributed by atoms with Crippen LogP contribution in [0.4, 0.5) is 5.69 Å². The first kappa shape index (κ1) is 21.4. The lowest BCUT2D eigenvalue weighted by molar-refractivity contribution is -0.127. The molecule has 0 radical (unpaired) electrons. The summed E-state index contributed by atoms with van der Waals surface area (Å²) in [6, 6.07) is 20.3. The quantitative estimate of drug-likeness (QED) is 0.431. The maximum atomic E-state index is 13.9. The second-order valence-corrected chi connectivity index (χ2v) is 9.05. The highest BCUT2D eigenvalue weighted by atomic mass is 16.5. The molecule has 3 aromatic carbocycles. The van der Waals surface area contributed by atoms with E-state index in [0.29, 0.717) is 17.0 Å². The minimum Gasteiger partial charge on any atom is -0.497 e. The van der Waals surface area contributed by atoms with Crippen molar-refractivity contribution in [2.24, 2.45) is 11.8 Å². The predicted molar refractivity (Wildman–Crippen MR) is 125 cm³/mol. The zero-order valence-corrected chi connectivity index (χ0v) is 19.1. The van der Waals surface area contributed by atoms with Crippen LogP contribution in [0.3, 0.4) is 0 Å². The van der Waals surface area contributed by atoms with Crippen LogP contribution >= 0.6 is 0 Å². The van der Waals surface area contributed by atoms with Crippen LogP contribution in [0.1, 0.15) is 37.9 Å². The molecule has 0 unspecified atom stereocenters. The van der Waals surface area contributed by atoms with Crippen molar-refractivity contribution in [2.75, 3.05) is 12.0 Å². The highest BCUT2D eigenvalue weighted by Crippen LogP contribution is 2.58. The van der Waals surface area contributed by atoms with Crippen molar-refractivity contribution in [3.05, 3.63) is 95.1 Å². The number of hydrogen-bond donors (Lipinski definition) is 0. The minimum atomic E-state index is -2.07. The summed E-state index contributed by atoms with van der Waals surface area (Å²) in [5.74, 6) is -3.96. The number of carbonyl (C=O) groups excluding carboxylic acids is 4. The summed E-state index contributed by atoms with van der Waals surface area (Å²) in [5.41, 5.74) is 0.217. The maximum absolute atomic E-state index is 13.9. The highest BCUT2D eigenvalue weighted by molar-refractivity contribution is 6.37. The minimum absolute atomic E-state index is 0.213. The van der Waals surface area contributed by atoms with Gasteiger partial charge in [0.05, 0.1) is 30.7 Å². The van der Waals surface area contributed by atoms with E-state index in [1.54, 1.807) is 60.7 Å². The molecule has 0 N–H and O–H groups in total. The molecule has 2 heterocycles. The number of Topliss-reactive ketones (excluding diaryl/α,β-unsaturated/α-hetero) is 2. The van der Waals surface area contributed by atoms with Crippen LogP contribution in [0, 0.1) is 18.8 Å². The number of hydrogen-bond acceptors (Lipinski definition) is 6. The molecular formula is C28H21NO6. The normalized spacial score (nSPS) is 24.3. The Morgan fingerprint density at radius 1 is 0.800 bits per heavy atom. The number of rotatable bonds is 3. The first-order chi connectivity index (χ1) is 16.9. The summed E-state index contributed by atoms with van der Waals surface area (Å²) >= 11 is 0. The van der Waals surface area contributed by atoms with Crippen molar-refractivity contribution in [1.82, 2.24) is 0 Å². The molecule has 1 spiro atoms. The Morgan fingerprint density at radius 3 is 2.00 bits per heavy atom. The molecule has 7 heteroatoms. The van der Waals surface area contributed by atoms with Crippen molar-refractivity contribution < 1.29 is 28.7 Å². The number of amides is 2. The lowest BCUT2D eigenvalue weighted by Gasteiger charge is -2.27. The number of fused-ring (bicyclic) bond motifs is 3. The third-order valence-corrected chi connectivity index (χ3v) is 7.34.